The van der Waals surface area contributed by atoms with Gasteiger partial charge >= 0.3 is 0 Å². The van der Waals surface area contributed by atoms with Gasteiger partial charge in [-0.25, -0.2) is 0 Å². The predicted molar refractivity (Wildman–Crippen MR) is 73.2 cm³/mol. The van der Waals surface area contributed by atoms with E-state index in [0.29, 0.717) is 11.5 Å². The summed E-state index contributed by atoms with van der Waals surface area (Å²) >= 11 is 0. The van der Waals surface area contributed by atoms with Gasteiger partial charge in [0.25, 0.3) is 0 Å². The molecule has 0 aromatic heterocycles. The number of benzene rings is 2. The smallest absolute Gasteiger partial charge is 0.166 e. The first-order chi connectivity index (χ1) is 8.76. The predicted octanol–water partition coefficient (Wildman–Crippen LogP) is 2.88. The lowest BCUT2D eigenvalue weighted by molar-refractivity contribution is 0.352. The fraction of sp³-hybridized carbons (Fsp3) is 0.200. The van der Waals surface area contributed by atoms with Crippen LogP contribution in [-0.4, -0.2) is 14.2 Å². The Labute approximate surface area is 107 Å². The van der Waals surface area contributed by atoms with E-state index in [0.717, 1.165) is 17.7 Å². The Morgan fingerprint density at radius 3 is 2.28 bits per heavy atom. The first kappa shape index (κ1) is 12.3. The lowest BCUT2D eigenvalue weighted by Crippen LogP contribution is -2.01. The fourth-order valence-corrected chi connectivity index (χ4v) is 1.99. The van der Waals surface area contributed by atoms with Crippen molar-refractivity contribution in [1.29, 1.82) is 0 Å². The molecule has 0 saturated carbocycles. The molecular formula is C15H17NO2. The fourth-order valence-electron chi connectivity index (χ4n) is 1.99. The van der Waals surface area contributed by atoms with Crippen LogP contribution in [-0.2, 0) is 6.42 Å². The van der Waals surface area contributed by atoms with Crippen LogP contribution in [0.15, 0.2) is 42.5 Å². The lowest BCUT2D eigenvalue weighted by Gasteiger charge is -2.15. The number of anilines is 1. The van der Waals surface area contributed by atoms with Crippen LogP contribution in [0.1, 0.15) is 11.1 Å². The Morgan fingerprint density at radius 1 is 0.944 bits per heavy atom. The van der Waals surface area contributed by atoms with Gasteiger partial charge in [0, 0.05) is 17.7 Å². The van der Waals surface area contributed by atoms with Crippen LogP contribution in [0.4, 0.5) is 5.69 Å². The highest BCUT2D eigenvalue weighted by atomic mass is 16.5. The number of hydrogen-bond acceptors (Lipinski definition) is 3. The van der Waals surface area contributed by atoms with E-state index in [4.69, 9.17) is 15.2 Å². The second kappa shape index (κ2) is 5.45. The maximum atomic E-state index is 6.03. The van der Waals surface area contributed by atoms with Crippen molar-refractivity contribution in [3.63, 3.8) is 0 Å². The van der Waals surface area contributed by atoms with Crippen molar-refractivity contribution >= 4 is 5.69 Å². The summed E-state index contributed by atoms with van der Waals surface area (Å²) in [5.41, 5.74) is 8.90. The second-order valence-electron chi connectivity index (χ2n) is 4.03. The minimum absolute atomic E-state index is 0.706. The summed E-state index contributed by atoms with van der Waals surface area (Å²) < 4.78 is 10.7. The second-order valence-corrected chi connectivity index (χ2v) is 4.03. The van der Waals surface area contributed by atoms with Gasteiger partial charge in [0.05, 0.1) is 14.2 Å². The Hall–Kier alpha value is -2.16. The summed E-state index contributed by atoms with van der Waals surface area (Å²) in [5.74, 6) is 1.42. The molecule has 0 unspecified atom stereocenters. The molecule has 0 radical (unpaired) electrons. The zero-order chi connectivity index (χ0) is 13.0. The number of rotatable bonds is 4. The third kappa shape index (κ3) is 2.40. The van der Waals surface area contributed by atoms with Gasteiger partial charge in [-0.2, -0.15) is 0 Å². The molecule has 0 amide bonds. The van der Waals surface area contributed by atoms with Crippen LogP contribution in [0.25, 0.3) is 0 Å². The number of hydrogen-bond donors (Lipinski definition) is 1. The molecule has 0 aliphatic heterocycles. The zero-order valence-corrected chi connectivity index (χ0v) is 10.6. The molecule has 3 heteroatoms. The van der Waals surface area contributed by atoms with Crippen molar-refractivity contribution in [1.82, 2.24) is 0 Å². The molecule has 0 spiro atoms. The summed E-state index contributed by atoms with van der Waals surface area (Å²) in [7, 11) is 3.26. The molecule has 2 aromatic carbocycles. The van der Waals surface area contributed by atoms with E-state index in [9.17, 15) is 0 Å². The van der Waals surface area contributed by atoms with Crippen LogP contribution in [0.2, 0.25) is 0 Å². The molecule has 0 heterocycles. The standard InChI is InChI=1S/C15H17NO2/c1-17-14-9-8-13(16)12(15(14)18-2)10-11-6-4-3-5-7-11/h3-9H,10,16H2,1-2H3. The van der Waals surface area contributed by atoms with Gasteiger partial charge in [0.1, 0.15) is 0 Å². The molecule has 0 atom stereocenters. The molecule has 2 N–H and O–H groups in total. The first-order valence-corrected chi connectivity index (χ1v) is 5.79. The van der Waals surface area contributed by atoms with E-state index in [-0.39, 0.29) is 0 Å². The third-order valence-corrected chi connectivity index (χ3v) is 2.91. The Kier molecular flexibility index (Phi) is 3.72. The van der Waals surface area contributed by atoms with E-state index < -0.39 is 0 Å². The maximum absolute atomic E-state index is 6.03. The maximum Gasteiger partial charge on any atom is 0.166 e. The van der Waals surface area contributed by atoms with Crippen molar-refractivity contribution in [2.75, 3.05) is 20.0 Å². The summed E-state index contributed by atoms with van der Waals surface area (Å²) in [6.07, 6.45) is 0.729. The van der Waals surface area contributed by atoms with Crippen molar-refractivity contribution in [3.8, 4) is 11.5 Å². The topological polar surface area (TPSA) is 44.5 Å². The van der Waals surface area contributed by atoms with E-state index >= 15 is 0 Å². The molecule has 18 heavy (non-hydrogen) atoms. The van der Waals surface area contributed by atoms with Crippen LogP contribution in [0, 0.1) is 0 Å². The van der Waals surface area contributed by atoms with Crippen molar-refractivity contribution in [3.05, 3.63) is 53.6 Å². The van der Waals surface area contributed by atoms with E-state index in [1.165, 1.54) is 5.56 Å². The van der Waals surface area contributed by atoms with Crippen LogP contribution in [0.3, 0.4) is 0 Å². The van der Waals surface area contributed by atoms with E-state index in [1.54, 1.807) is 14.2 Å². The molecule has 94 valence electrons. The highest BCUT2D eigenvalue weighted by molar-refractivity contribution is 5.61. The van der Waals surface area contributed by atoms with Gasteiger partial charge in [-0.3, -0.25) is 0 Å². The van der Waals surface area contributed by atoms with Crippen LogP contribution < -0.4 is 15.2 Å². The number of ether oxygens (including phenoxy) is 2. The lowest BCUT2D eigenvalue weighted by atomic mass is 10.0. The Balaban J connectivity index is 2.43. The minimum Gasteiger partial charge on any atom is -0.493 e. The average molecular weight is 243 g/mol. The first-order valence-electron chi connectivity index (χ1n) is 5.79. The largest absolute Gasteiger partial charge is 0.493 e. The number of methoxy groups -OCH3 is 2. The SMILES string of the molecule is COc1ccc(N)c(Cc2ccccc2)c1OC. The molecule has 0 fully saturated rings. The van der Waals surface area contributed by atoms with E-state index in [1.807, 2.05) is 30.3 Å². The average Bonchev–Trinajstić information content (AvgIpc) is 2.42. The Bertz CT molecular complexity index is 524. The van der Waals surface area contributed by atoms with Gasteiger partial charge < -0.3 is 15.2 Å². The van der Waals surface area contributed by atoms with E-state index in [2.05, 4.69) is 12.1 Å². The number of nitrogens with two attached hydrogens (primary N) is 1. The molecular weight excluding hydrogens is 226 g/mol. The highest BCUT2D eigenvalue weighted by Gasteiger charge is 2.13. The highest BCUT2D eigenvalue weighted by Crippen LogP contribution is 2.36. The van der Waals surface area contributed by atoms with Gasteiger partial charge in [0.15, 0.2) is 11.5 Å². The summed E-state index contributed by atoms with van der Waals surface area (Å²) in [6, 6.07) is 13.8. The monoisotopic (exact) mass is 243 g/mol. The normalized spacial score (nSPS) is 10.1. The zero-order valence-electron chi connectivity index (χ0n) is 10.6. The minimum atomic E-state index is 0.706. The molecule has 2 aromatic rings. The van der Waals surface area contributed by atoms with Crippen LogP contribution >= 0.6 is 0 Å². The van der Waals surface area contributed by atoms with Gasteiger partial charge in [0.2, 0.25) is 0 Å². The van der Waals surface area contributed by atoms with Gasteiger partial charge in [-0.1, -0.05) is 30.3 Å². The van der Waals surface area contributed by atoms with Gasteiger partial charge in [-0.15, -0.1) is 0 Å². The molecule has 2 rings (SSSR count). The number of nitrogen functional groups attached to an aromatic ring is 1. The molecule has 3 nitrogen and oxygen atoms in total. The van der Waals surface area contributed by atoms with Crippen molar-refractivity contribution in [2.45, 2.75) is 6.42 Å². The quantitative estimate of drug-likeness (QED) is 0.840. The third-order valence-electron chi connectivity index (χ3n) is 2.91. The summed E-state index contributed by atoms with van der Waals surface area (Å²) in [4.78, 5) is 0. The van der Waals surface area contributed by atoms with Crippen molar-refractivity contribution in [2.24, 2.45) is 0 Å². The summed E-state index contributed by atoms with van der Waals surface area (Å²) in [5, 5.41) is 0. The molecule has 0 aliphatic carbocycles. The molecule has 0 saturated heterocycles. The van der Waals surface area contributed by atoms with Crippen LogP contribution in [0.5, 0.6) is 11.5 Å². The van der Waals surface area contributed by atoms with Crippen molar-refractivity contribution < 1.29 is 9.47 Å². The summed E-state index contributed by atoms with van der Waals surface area (Å²) in [6.45, 7) is 0. The van der Waals surface area contributed by atoms with Gasteiger partial charge in [-0.05, 0) is 17.7 Å². The molecule has 0 bridgehead atoms. The Morgan fingerprint density at radius 2 is 1.67 bits per heavy atom. The molecule has 0 aliphatic rings.